The summed E-state index contributed by atoms with van der Waals surface area (Å²) < 4.78 is 13.1. The molecule has 1 aromatic carbocycles. The zero-order valence-corrected chi connectivity index (χ0v) is 7.81. The van der Waals surface area contributed by atoms with Crippen LogP contribution in [0.25, 0.3) is 0 Å². The first kappa shape index (κ1) is 10.1. The number of halogens is 1. The number of hydrogen-bond donors (Lipinski definition) is 2. The molecule has 1 nitrogen and oxygen atoms in total. The van der Waals surface area contributed by atoms with Crippen LogP contribution in [0.5, 0.6) is 0 Å². The van der Waals surface area contributed by atoms with Gasteiger partial charge in [-0.15, -0.1) is 0 Å². The van der Waals surface area contributed by atoms with E-state index in [1.54, 1.807) is 12.1 Å². The Morgan fingerprint density at radius 3 is 2.77 bits per heavy atom. The van der Waals surface area contributed by atoms with Gasteiger partial charge in [-0.3, -0.25) is 0 Å². The molecule has 0 radical (unpaired) electrons. The Hall–Kier alpha value is -0.980. The van der Waals surface area contributed by atoms with Crippen LogP contribution in [-0.4, -0.2) is 10.9 Å². The molecule has 68 valence electrons. The Morgan fingerprint density at radius 1 is 1.46 bits per heavy atom. The first-order valence-electron chi connectivity index (χ1n) is 3.77. The summed E-state index contributed by atoms with van der Waals surface area (Å²) in [6, 6.07) is 4.48. The van der Waals surface area contributed by atoms with E-state index in [0.717, 1.165) is 0 Å². The van der Waals surface area contributed by atoms with Crippen LogP contribution in [0.3, 0.4) is 0 Å². The summed E-state index contributed by atoms with van der Waals surface area (Å²) >= 11 is 3.89. The van der Waals surface area contributed by atoms with Crippen LogP contribution in [0, 0.1) is 17.7 Å². The van der Waals surface area contributed by atoms with Crippen molar-refractivity contribution in [2.24, 2.45) is 0 Å². The second-order valence-electron chi connectivity index (χ2n) is 2.43. The van der Waals surface area contributed by atoms with Crippen LogP contribution in [0.1, 0.15) is 11.1 Å². The molecule has 0 aliphatic rings. The molecule has 0 unspecified atom stereocenters. The molecular formula is C10H9FOS. The number of aliphatic hydroxyl groups is 1. The number of benzene rings is 1. The standard InChI is InChI=1S/C10H9FOS/c11-10-6-8(7-12)3-4-9(10)2-1-5-13/h3-4,6,12-13H,5,7H2. The normalized spacial score (nSPS) is 9.15. The molecule has 0 bridgehead atoms. The van der Waals surface area contributed by atoms with E-state index in [1.807, 2.05) is 0 Å². The van der Waals surface area contributed by atoms with Crippen LogP contribution in [0.4, 0.5) is 4.39 Å². The van der Waals surface area contributed by atoms with Gasteiger partial charge in [0.25, 0.3) is 0 Å². The van der Waals surface area contributed by atoms with E-state index in [2.05, 4.69) is 24.5 Å². The monoisotopic (exact) mass is 196 g/mol. The molecule has 0 fully saturated rings. The lowest BCUT2D eigenvalue weighted by molar-refractivity contribution is 0.281. The smallest absolute Gasteiger partial charge is 0.139 e. The molecule has 3 heteroatoms. The average molecular weight is 196 g/mol. The van der Waals surface area contributed by atoms with Gasteiger partial charge in [0.1, 0.15) is 5.82 Å². The summed E-state index contributed by atoms with van der Waals surface area (Å²) in [7, 11) is 0. The van der Waals surface area contributed by atoms with E-state index < -0.39 is 5.82 Å². The summed E-state index contributed by atoms with van der Waals surface area (Å²) in [5.74, 6) is 5.29. The predicted molar refractivity (Wildman–Crippen MR) is 53.1 cm³/mol. The molecular weight excluding hydrogens is 187 g/mol. The van der Waals surface area contributed by atoms with E-state index in [4.69, 9.17) is 5.11 Å². The molecule has 0 spiro atoms. The highest BCUT2D eigenvalue weighted by atomic mass is 32.1. The Balaban J connectivity index is 2.98. The maximum atomic E-state index is 13.1. The lowest BCUT2D eigenvalue weighted by Crippen LogP contribution is -1.88. The summed E-state index contributed by atoms with van der Waals surface area (Å²) in [6.45, 7) is -0.156. The van der Waals surface area contributed by atoms with Crippen molar-refractivity contribution in [3.05, 3.63) is 35.1 Å². The number of aliphatic hydroxyl groups excluding tert-OH is 1. The number of rotatable bonds is 1. The van der Waals surface area contributed by atoms with Crippen LogP contribution >= 0.6 is 12.6 Å². The lowest BCUT2D eigenvalue weighted by atomic mass is 10.1. The zero-order valence-electron chi connectivity index (χ0n) is 6.92. The van der Waals surface area contributed by atoms with Gasteiger partial charge in [0.2, 0.25) is 0 Å². The fraction of sp³-hybridized carbons (Fsp3) is 0.200. The highest BCUT2D eigenvalue weighted by molar-refractivity contribution is 7.80. The van der Waals surface area contributed by atoms with Gasteiger partial charge in [-0.25, -0.2) is 4.39 Å². The van der Waals surface area contributed by atoms with Crippen molar-refractivity contribution in [2.45, 2.75) is 6.61 Å². The maximum Gasteiger partial charge on any atom is 0.139 e. The fourth-order valence-electron chi connectivity index (χ4n) is 0.893. The van der Waals surface area contributed by atoms with Gasteiger partial charge >= 0.3 is 0 Å². The molecule has 0 saturated carbocycles. The third kappa shape index (κ3) is 2.76. The largest absolute Gasteiger partial charge is 0.392 e. The second-order valence-corrected chi connectivity index (χ2v) is 2.75. The Kier molecular flexibility index (Phi) is 3.81. The van der Waals surface area contributed by atoms with Gasteiger partial charge in [-0.1, -0.05) is 17.9 Å². The molecule has 0 saturated heterocycles. The Morgan fingerprint density at radius 2 is 2.23 bits per heavy atom. The zero-order chi connectivity index (χ0) is 9.68. The number of thiol groups is 1. The average Bonchev–Trinajstić information content (AvgIpc) is 2.16. The minimum atomic E-state index is -0.402. The van der Waals surface area contributed by atoms with Crippen LogP contribution in [0.2, 0.25) is 0 Å². The van der Waals surface area contributed by atoms with E-state index in [0.29, 0.717) is 16.9 Å². The summed E-state index contributed by atoms with van der Waals surface area (Å²) in [6.07, 6.45) is 0. The second kappa shape index (κ2) is 4.90. The molecule has 0 atom stereocenters. The highest BCUT2D eigenvalue weighted by Crippen LogP contribution is 2.09. The van der Waals surface area contributed by atoms with Crippen molar-refractivity contribution in [1.29, 1.82) is 0 Å². The Labute approximate surface area is 82.0 Å². The van der Waals surface area contributed by atoms with Crippen LogP contribution in [-0.2, 0) is 6.61 Å². The minimum absolute atomic E-state index is 0.156. The predicted octanol–water partition coefficient (Wildman–Crippen LogP) is 1.60. The topological polar surface area (TPSA) is 20.2 Å². The van der Waals surface area contributed by atoms with E-state index in [-0.39, 0.29) is 6.61 Å². The van der Waals surface area contributed by atoms with Gasteiger partial charge in [0.05, 0.1) is 17.9 Å². The van der Waals surface area contributed by atoms with E-state index in [1.165, 1.54) is 6.07 Å². The van der Waals surface area contributed by atoms with Crippen molar-refractivity contribution >= 4 is 12.6 Å². The molecule has 1 rings (SSSR count). The lowest BCUT2D eigenvalue weighted by Gasteiger charge is -1.97. The summed E-state index contributed by atoms with van der Waals surface area (Å²) in [4.78, 5) is 0. The van der Waals surface area contributed by atoms with E-state index in [9.17, 15) is 4.39 Å². The maximum absolute atomic E-state index is 13.1. The van der Waals surface area contributed by atoms with Crippen molar-refractivity contribution in [2.75, 3.05) is 5.75 Å². The quantitative estimate of drug-likeness (QED) is 0.516. The molecule has 0 aliphatic heterocycles. The third-order valence-electron chi connectivity index (χ3n) is 1.52. The van der Waals surface area contributed by atoms with Crippen molar-refractivity contribution < 1.29 is 9.50 Å². The Bertz CT molecular complexity index is 352. The first-order valence-corrected chi connectivity index (χ1v) is 4.40. The van der Waals surface area contributed by atoms with Gasteiger partial charge in [0.15, 0.2) is 0 Å². The molecule has 0 aromatic heterocycles. The molecule has 0 amide bonds. The fourth-order valence-corrected chi connectivity index (χ4v) is 0.972. The van der Waals surface area contributed by atoms with Gasteiger partial charge < -0.3 is 5.11 Å². The highest BCUT2D eigenvalue weighted by Gasteiger charge is 1.99. The summed E-state index contributed by atoms with van der Waals surface area (Å²) in [5, 5.41) is 8.71. The summed E-state index contributed by atoms with van der Waals surface area (Å²) in [5.41, 5.74) is 0.889. The number of hydrogen-bond acceptors (Lipinski definition) is 2. The third-order valence-corrected chi connectivity index (χ3v) is 1.68. The van der Waals surface area contributed by atoms with Gasteiger partial charge in [-0.2, -0.15) is 12.6 Å². The van der Waals surface area contributed by atoms with Crippen LogP contribution < -0.4 is 0 Å². The molecule has 13 heavy (non-hydrogen) atoms. The van der Waals surface area contributed by atoms with Gasteiger partial charge in [-0.05, 0) is 17.7 Å². The van der Waals surface area contributed by atoms with Crippen molar-refractivity contribution in [3.8, 4) is 11.8 Å². The molecule has 1 N–H and O–H groups in total. The first-order chi connectivity index (χ1) is 6.27. The minimum Gasteiger partial charge on any atom is -0.392 e. The molecule has 1 aromatic rings. The van der Waals surface area contributed by atoms with Crippen molar-refractivity contribution in [3.63, 3.8) is 0 Å². The van der Waals surface area contributed by atoms with Crippen LogP contribution in [0.15, 0.2) is 18.2 Å². The van der Waals surface area contributed by atoms with Gasteiger partial charge in [0, 0.05) is 0 Å². The van der Waals surface area contributed by atoms with E-state index >= 15 is 0 Å². The molecule has 0 heterocycles. The van der Waals surface area contributed by atoms with Crippen molar-refractivity contribution in [1.82, 2.24) is 0 Å². The molecule has 0 aliphatic carbocycles. The SMILES string of the molecule is OCc1ccc(C#CCS)c(F)c1.